The second-order valence-corrected chi connectivity index (χ2v) is 7.08. The standard InChI is InChI=1S/C17H28N2O2S.ClH/c18-10-4-2-1-3-9-17(21)19-11-5-7-14(19)13-15(20)16-8-6-12-22-16;/h6,8,12,14-15,20H,1-5,7,9-11,13,18H2;1H. The highest BCUT2D eigenvalue weighted by Crippen LogP contribution is 2.30. The van der Waals surface area contributed by atoms with Crippen molar-refractivity contribution in [3.05, 3.63) is 22.4 Å². The Balaban J connectivity index is 0.00000264. The number of carbonyl (C=O) groups excluding carboxylic acids is 1. The zero-order valence-electron chi connectivity index (χ0n) is 13.7. The fourth-order valence-corrected chi connectivity index (χ4v) is 3.91. The molecule has 1 fully saturated rings. The van der Waals surface area contributed by atoms with Crippen LogP contribution in [0.5, 0.6) is 0 Å². The van der Waals surface area contributed by atoms with Gasteiger partial charge in [-0.05, 0) is 50.1 Å². The molecule has 6 heteroatoms. The van der Waals surface area contributed by atoms with E-state index >= 15 is 0 Å². The molecule has 23 heavy (non-hydrogen) atoms. The Bertz CT molecular complexity index is 442. The predicted molar refractivity (Wildman–Crippen MR) is 98.0 cm³/mol. The number of halogens is 1. The van der Waals surface area contributed by atoms with Crippen molar-refractivity contribution in [1.82, 2.24) is 4.90 Å². The Kier molecular flexibility index (Phi) is 9.79. The molecule has 1 aliphatic heterocycles. The fourth-order valence-electron chi connectivity index (χ4n) is 3.18. The van der Waals surface area contributed by atoms with Gasteiger partial charge in [-0.2, -0.15) is 0 Å². The number of rotatable bonds is 9. The normalized spacial score (nSPS) is 18.7. The number of aliphatic hydroxyl groups is 1. The number of amides is 1. The molecule has 3 N–H and O–H groups in total. The van der Waals surface area contributed by atoms with E-state index in [1.54, 1.807) is 11.3 Å². The Morgan fingerprint density at radius 2 is 2.17 bits per heavy atom. The maximum absolute atomic E-state index is 12.4. The number of carbonyl (C=O) groups is 1. The van der Waals surface area contributed by atoms with Crippen LogP contribution in [0.1, 0.15) is 62.3 Å². The van der Waals surface area contributed by atoms with E-state index in [1.807, 2.05) is 22.4 Å². The van der Waals surface area contributed by atoms with Gasteiger partial charge in [-0.1, -0.05) is 18.9 Å². The summed E-state index contributed by atoms with van der Waals surface area (Å²) >= 11 is 1.58. The first-order chi connectivity index (χ1) is 10.7. The second-order valence-electron chi connectivity index (χ2n) is 6.10. The SMILES string of the molecule is Cl.NCCCCCCC(=O)N1CCCC1CC(O)c1cccs1. The summed E-state index contributed by atoms with van der Waals surface area (Å²) in [6, 6.07) is 4.13. The van der Waals surface area contributed by atoms with Gasteiger partial charge in [-0.3, -0.25) is 4.79 Å². The highest BCUT2D eigenvalue weighted by Gasteiger charge is 2.30. The third kappa shape index (κ3) is 6.42. The molecule has 0 saturated carbocycles. The molecule has 0 aromatic carbocycles. The van der Waals surface area contributed by atoms with Gasteiger partial charge in [0.05, 0.1) is 6.10 Å². The number of nitrogens with two attached hydrogens (primary N) is 1. The quantitative estimate of drug-likeness (QED) is 0.662. The molecule has 1 saturated heterocycles. The van der Waals surface area contributed by atoms with Crippen LogP contribution >= 0.6 is 23.7 Å². The molecule has 1 aromatic heterocycles. The van der Waals surface area contributed by atoms with Crippen molar-refractivity contribution in [3.63, 3.8) is 0 Å². The average molecular weight is 361 g/mol. The predicted octanol–water partition coefficient (Wildman–Crippen LogP) is 3.49. The van der Waals surface area contributed by atoms with Crippen LogP contribution in [0.15, 0.2) is 17.5 Å². The molecule has 4 nitrogen and oxygen atoms in total. The highest BCUT2D eigenvalue weighted by molar-refractivity contribution is 7.10. The third-order valence-electron chi connectivity index (χ3n) is 4.41. The lowest BCUT2D eigenvalue weighted by atomic mass is 10.0. The van der Waals surface area contributed by atoms with Crippen LogP contribution in [-0.2, 0) is 4.79 Å². The molecule has 1 aromatic rings. The van der Waals surface area contributed by atoms with E-state index in [-0.39, 0.29) is 24.4 Å². The summed E-state index contributed by atoms with van der Waals surface area (Å²) in [6.45, 7) is 1.59. The van der Waals surface area contributed by atoms with Crippen LogP contribution in [0.3, 0.4) is 0 Å². The number of hydrogen-bond donors (Lipinski definition) is 2. The van der Waals surface area contributed by atoms with E-state index in [9.17, 15) is 9.90 Å². The molecule has 2 atom stereocenters. The fraction of sp³-hybridized carbons (Fsp3) is 0.706. The number of nitrogens with zero attached hydrogens (tertiary/aromatic N) is 1. The van der Waals surface area contributed by atoms with Gasteiger partial charge in [0, 0.05) is 23.9 Å². The van der Waals surface area contributed by atoms with Gasteiger partial charge in [0.25, 0.3) is 0 Å². The van der Waals surface area contributed by atoms with Crippen LogP contribution < -0.4 is 5.73 Å². The van der Waals surface area contributed by atoms with E-state index in [1.165, 1.54) is 0 Å². The Morgan fingerprint density at radius 1 is 1.39 bits per heavy atom. The zero-order chi connectivity index (χ0) is 15.8. The van der Waals surface area contributed by atoms with Crippen molar-refractivity contribution in [2.24, 2.45) is 5.73 Å². The minimum absolute atomic E-state index is 0. The number of likely N-dealkylation sites (tertiary alicyclic amines) is 1. The van der Waals surface area contributed by atoms with Crippen molar-refractivity contribution in [3.8, 4) is 0 Å². The Morgan fingerprint density at radius 3 is 2.87 bits per heavy atom. The van der Waals surface area contributed by atoms with Gasteiger partial charge < -0.3 is 15.7 Å². The van der Waals surface area contributed by atoms with Crippen LogP contribution in [0.4, 0.5) is 0 Å². The number of hydrogen-bond acceptors (Lipinski definition) is 4. The average Bonchev–Trinajstić information content (AvgIpc) is 3.18. The lowest BCUT2D eigenvalue weighted by Gasteiger charge is -2.26. The lowest BCUT2D eigenvalue weighted by Crippen LogP contribution is -2.36. The molecule has 1 amide bonds. The molecule has 1 aliphatic rings. The Hall–Kier alpha value is -0.620. The van der Waals surface area contributed by atoms with Gasteiger partial charge in [-0.25, -0.2) is 0 Å². The summed E-state index contributed by atoms with van der Waals surface area (Å²) in [5.74, 6) is 0.258. The summed E-state index contributed by atoms with van der Waals surface area (Å²) in [5.41, 5.74) is 5.48. The van der Waals surface area contributed by atoms with Gasteiger partial charge in [0.2, 0.25) is 5.91 Å². The first kappa shape index (κ1) is 20.4. The van der Waals surface area contributed by atoms with E-state index in [0.29, 0.717) is 12.8 Å². The van der Waals surface area contributed by atoms with Crippen molar-refractivity contribution in [2.45, 2.75) is 63.5 Å². The molecular weight excluding hydrogens is 332 g/mol. The highest BCUT2D eigenvalue weighted by atomic mass is 35.5. The van der Waals surface area contributed by atoms with Crippen LogP contribution in [-0.4, -0.2) is 35.0 Å². The largest absolute Gasteiger partial charge is 0.387 e. The first-order valence-electron chi connectivity index (χ1n) is 8.43. The van der Waals surface area contributed by atoms with Crippen molar-refractivity contribution >= 4 is 29.7 Å². The molecule has 2 heterocycles. The van der Waals surface area contributed by atoms with Crippen LogP contribution in [0.2, 0.25) is 0 Å². The van der Waals surface area contributed by atoms with Gasteiger partial charge in [-0.15, -0.1) is 23.7 Å². The summed E-state index contributed by atoms with van der Waals surface area (Å²) in [7, 11) is 0. The van der Waals surface area contributed by atoms with E-state index in [4.69, 9.17) is 5.73 Å². The third-order valence-corrected chi connectivity index (χ3v) is 5.38. The van der Waals surface area contributed by atoms with Crippen LogP contribution in [0, 0.1) is 0 Å². The Labute approximate surface area is 149 Å². The molecular formula is C17H29ClN2O2S. The van der Waals surface area contributed by atoms with Gasteiger partial charge in [0.15, 0.2) is 0 Å². The molecule has 2 rings (SSSR count). The van der Waals surface area contributed by atoms with Crippen molar-refractivity contribution in [2.75, 3.05) is 13.1 Å². The number of aliphatic hydroxyl groups excluding tert-OH is 1. The summed E-state index contributed by atoms with van der Waals surface area (Å²) in [4.78, 5) is 15.4. The molecule has 0 aliphatic carbocycles. The van der Waals surface area contributed by atoms with E-state index in [0.717, 1.165) is 56.5 Å². The smallest absolute Gasteiger partial charge is 0.222 e. The maximum Gasteiger partial charge on any atom is 0.222 e. The summed E-state index contributed by atoms with van der Waals surface area (Å²) in [6.07, 6.45) is 7.13. The second kappa shape index (κ2) is 11.0. The minimum Gasteiger partial charge on any atom is -0.387 e. The molecule has 0 spiro atoms. The topological polar surface area (TPSA) is 66.6 Å². The number of thiophene rings is 1. The molecule has 2 unspecified atom stereocenters. The zero-order valence-corrected chi connectivity index (χ0v) is 15.3. The number of unbranched alkanes of at least 4 members (excludes halogenated alkanes) is 3. The van der Waals surface area contributed by atoms with Crippen molar-refractivity contribution in [1.29, 1.82) is 0 Å². The molecule has 0 bridgehead atoms. The molecule has 0 radical (unpaired) electrons. The van der Waals surface area contributed by atoms with Crippen LogP contribution in [0.25, 0.3) is 0 Å². The monoisotopic (exact) mass is 360 g/mol. The summed E-state index contributed by atoms with van der Waals surface area (Å²) in [5, 5.41) is 12.3. The van der Waals surface area contributed by atoms with Crippen molar-refractivity contribution < 1.29 is 9.90 Å². The molecule has 132 valence electrons. The lowest BCUT2D eigenvalue weighted by molar-refractivity contribution is -0.132. The first-order valence-corrected chi connectivity index (χ1v) is 9.31. The maximum atomic E-state index is 12.4. The summed E-state index contributed by atoms with van der Waals surface area (Å²) < 4.78 is 0. The van der Waals surface area contributed by atoms with E-state index in [2.05, 4.69) is 0 Å². The van der Waals surface area contributed by atoms with Gasteiger partial charge >= 0.3 is 0 Å². The minimum atomic E-state index is -0.442. The van der Waals surface area contributed by atoms with E-state index < -0.39 is 6.10 Å². The van der Waals surface area contributed by atoms with Gasteiger partial charge in [0.1, 0.15) is 0 Å².